The minimum absolute atomic E-state index is 0.0899. The van der Waals surface area contributed by atoms with Gasteiger partial charge in [-0.15, -0.1) is 22.7 Å². The molecule has 5 rings (SSSR count). The molecule has 0 spiro atoms. The number of thiazole rings is 2. The van der Waals surface area contributed by atoms with Crippen LogP contribution in [0.5, 0.6) is 0 Å². The molecule has 5 N–H and O–H groups in total. The number of nitrogens with zero attached hydrogens (tertiary/aromatic N) is 8. The number of nitrogens with two attached hydrogens (primary N) is 2. The Balaban J connectivity index is 0.000000337. The number of nitrogen functional groups attached to an aromatic ring is 2. The summed E-state index contributed by atoms with van der Waals surface area (Å²) in [5, 5.41) is 8.09. The Labute approximate surface area is 297 Å². The van der Waals surface area contributed by atoms with E-state index in [0.717, 1.165) is 62.8 Å². The van der Waals surface area contributed by atoms with E-state index in [1.165, 1.54) is 28.7 Å². The van der Waals surface area contributed by atoms with E-state index in [1.807, 2.05) is 29.5 Å². The summed E-state index contributed by atoms with van der Waals surface area (Å²) in [5.74, 6) is 0.546. The number of carbonyl (C=O) groups excluding carboxylic acids is 1. The van der Waals surface area contributed by atoms with Crippen molar-refractivity contribution in [3.63, 3.8) is 0 Å². The van der Waals surface area contributed by atoms with Crippen molar-refractivity contribution >= 4 is 56.4 Å². The third kappa shape index (κ3) is 10.9. The second kappa shape index (κ2) is 18.2. The Hall–Kier alpha value is -4.13. The monoisotopic (exact) mass is 735 g/mol. The first-order valence-corrected chi connectivity index (χ1v) is 18.2. The quantitative estimate of drug-likeness (QED) is 0.165. The number of likely N-dealkylation sites (N-methyl/N-ethyl adjacent to an activating group) is 2. The van der Waals surface area contributed by atoms with Gasteiger partial charge in [0.2, 0.25) is 11.9 Å². The molecule has 1 aliphatic rings. The van der Waals surface area contributed by atoms with E-state index in [4.69, 9.17) is 16.2 Å². The number of carbonyl (C=O) groups is 1. The number of rotatable bonds is 13. The number of morpholine rings is 1. The molecule has 0 bridgehead atoms. The Kier molecular flexibility index (Phi) is 14.1. The molecule has 13 nitrogen and oxygen atoms in total. The van der Waals surface area contributed by atoms with Crippen LogP contribution in [0.1, 0.15) is 44.6 Å². The van der Waals surface area contributed by atoms with Gasteiger partial charge in [-0.25, -0.2) is 19.9 Å². The van der Waals surface area contributed by atoms with E-state index >= 15 is 0 Å². The predicted octanol–water partition coefficient (Wildman–Crippen LogP) is 5.20. The zero-order chi connectivity index (χ0) is 36.3. The first-order chi connectivity index (χ1) is 23.9. The molecule has 0 saturated carbocycles. The highest BCUT2D eigenvalue weighted by Crippen LogP contribution is 2.38. The molecule has 50 heavy (non-hydrogen) atoms. The van der Waals surface area contributed by atoms with Crippen molar-refractivity contribution in [1.29, 1.82) is 0 Å². The second-order valence-corrected chi connectivity index (χ2v) is 12.9. The number of anilines is 5. The van der Waals surface area contributed by atoms with Crippen LogP contribution in [0.25, 0.3) is 11.3 Å². The molecule has 0 radical (unpaired) electrons. The second-order valence-electron chi connectivity index (χ2n) is 11.2. The highest BCUT2D eigenvalue weighted by Gasteiger charge is 2.35. The molecule has 0 atom stereocenters. The maximum absolute atomic E-state index is 13.8. The van der Waals surface area contributed by atoms with Gasteiger partial charge >= 0.3 is 6.18 Å². The normalized spacial score (nSPS) is 13.2. The molecule has 1 saturated heterocycles. The van der Waals surface area contributed by atoms with Crippen molar-refractivity contribution in [1.82, 2.24) is 34.7 Å². The van der Waals surface area contributed by atoms with E-state index in [2.05, 4.69) is 49.0 Å². The standard InChI is InChI=1S/C23H29F3N8OS.C9H15N3OS/c1-3-33(4-2)6-5-15-14-36-22(29-15)32-20-12-18(30-21(31-20)34-7-9-35-10-8-34)16-13-28-19(27)11-17(16)23(24,25)26;1-3-12(4-2)8(13)5-7-6-14-9(10)11-7/h11-14H,3-10H2,1-2H3,(H2,27,28)(H,29,30,31,32);6H,3-5H2,1-2H3,(H2,10,11). The molecular formula is C32H44F3N11O2S2. The number of nitrogens with one attached hydrogen (secondary N) is 1. The molecule has 0 aliphatic carbocycles. The van der Waals surface area contributed by atoms with Crippen LogP contribution in [0, 0.1) is 0 Å². The molecule has 0 aromatic carbocycles. The lowest BCUT2D eigenvalue weighted by Gasteiger charge is -2.27. The van der Waals surface area contributed by atoms with Gasteiger partial charge in [0.05, 0.1) is 42.3 Å². The minimum Gasteiger partial charge on any atom is -0.384 e. The van der Waals surface area contributed by atoms with Crippen LogP contribution >= 0.6 is 22.7 Å². The number of hydrogen-bond donors (Lipinski definition) is 3. The lowest BCUT2D eigenvalue weighted by atomic mass is 10.1. The topological polar surface area (TPSA) is 165 Å². The van der Waals surface area contributed by atoms with E-state index < -0.39 is 11.7 Å². The summed E-state index contributed by atoms with van der Waals surface area (Å²) in [5.41, 5.74) is 11.8. The van der Waals surface area contributed by atoms with Crippen LogP contribution in [0.4, 0.5) is 41.0 Å². The van der Waals surface area contributed by atoms with Gasteiger partial charge in [-0.1, -0.05) is 13.8 Å². The van der Waals surface area contributed by atoms with Crippen LogP contribution in [0.15, 0.2) is 29.1 Å². The highest BCUT2D eigenvalue weighted by molar-refractivity contribution is 7.14. The van der Waals surface area contributed by atoms with Crippen LogP contribution < -0.4 is 21.7 Å². The largest absolute Gasteiger partial charge is 0.417 e. The Bertz CT molecular complexity index is 1670. The number of ether oxygens (including phenoxy) is 1. The average Bonchev–Trinajstić information content (AvgIpc) is 3.73. The van der Waals surface area contributed by atoms with Crippen molar-refractivity contribution < 1.29 is 22.7 Å². The summed E-state index contributed by atoms with van der Waals surface area (Å²) >= 11 is 2.79. The predicted molar refractivity (Wildman–Crippen MR) is 193 cm³/mol. The molecule has 1 fully saturated rings. The van der Waals surface area contributed by atoms with Crippen molar-refractivity contribution in [2.75, 3.05) is 80.7 Å². The van der Waals surface area contributed by atoms with Gasteiger partial charge in [0.1, 0.15) is 11.6 Å². The van der Waals surface area contributed by atoms with E-state index in [0.29, 0.717) is 54.8 Å². The Morgan fingerprint density at radius 2 is 1.66 bits per heavy atom. The van der Waals surface area contributed by atoms with Crippen molar-refractivity contribution in [3.8, 4) is 11.3 Å². The molecular weight excluding hydrogens is 692 g/mol. The summed E-state index contributed by atoms with van der Waals surface area (Å²) in [6, 6.07) is 2.30. The summed E-state index contributed by atoms with van der Waals surface area (Å²) in [6.45, 7) is 14.5. The van der Waals surface area contributed by atoms with Crippen LogP contribution in [-0.4, -0.2) is 99.7 Å². The Morgan fingerprint density at radius 1 is 0.960 bits per heavy atom. The molecule has 4 aromatic rings. The Morgan fingerprint density at radius 3 is 2.28 bits per heavy atom. The molecule has 0 unspecified atom stereocenters. The third-order valence-electron chi connectivity index (χ3n) is 7.90. The highest BCUT2D eigenvalue weighted by atomic mass is 32.1. The number of hydrogen-bond acceptors (Lipinski definition) is 14. The fourth-order valence-corrected chi connectivity index (χ4v) is 6.41. The van der Waals surface area contributed by atoms with Gasteiger partial charge in [0, 0.05) is 67.7 Å². The number of aromatic nitrogens is 5. The van der Waals surface area contributed by atoms with Crippen LogP contribution in [0.3, 0.4) is 0 Å². The smallest absolute Gasteiger partial charge is 0.384 e. The van der Waals surface area contributed by atoms with Gasteiger partial charge < -0.3 is 36.2 Å². The average molecular weight is 736 g/mol. The van der Waals surface area contributed by atoms with E-state index in [9.17, 15) is 18.0 Å². The van der Waals surface area contributed by atoms with Crippen molar-refractivity contribution in [2.45, 2.75) is 46.7 Å². The van der Waals surface area contributed by atoms with Gasteiger partial charge in [-0.05, 0) is 33.0 Å². The van der Waals surface area contributed by atoms with Gasteiger partial charge in [0.15, 0.2) is 10.3 Å². The fraction of sp³-hybridized carbons (Fsp3) is 0.500. The van der Waals surface area contributed by atoms with Gasteiger partial charge in [0.25, 0.3) is 0 Å². The molecule has 272 valence electrons. The fourth-order valence-electron chi connectivity index (χ4n) is 5.10. The third-order valence-corrected chi connectivity index (χ3v) is 9.43. The summed E-state index contributed by atoms with van der Waals surface area (Å²) < 4.78 is 46.9. The summed E-state index contributed by atoms with van der Waals surface area (Å²) in [7, 11) is 0. The number of amides is 1. The molecule has 1 amide bonds. The number of halogens is 3. The zero-order valence-corrected chi connectivity index (χ0v) is 30.3. The number of alkyl halides is 3. The van der Waals surface area contributed by atoms with Gasteiger partial charge in [-0.2, -0.15) is 18.2 Å². The molecule has 5 heterocycles. The maximum atomic E-state index is 13.8. The first-order valence-electron chi connectivity index (χ1n) is 16.4. The summed E-state index contributed by atoms with van der Waals surface area (Å²) in [6.07, 6.45) is -2.36. The summed E-state index contributed by atoms with van der Waals surface area (Å²) in [4.78, 5) is 39.2. The van der Waals surface area contributed by atoms with Crippen LogP contribution in [-0.2, 0) is 28.5 Å². The molecule has 1 aliphatic heterocycles. The van der Waals surface area contributed by atoms with Crippen molar-refractivity contribution in [2.24, 2.45) is 0 Å². The SMILES string of the molecule is CCN(CC)C(=O)Cc1csc(N)n1.CCN(CC)CCc1csc(Nc2cc(-c3cnc(N)cc3C(F)(F)F)nc(N3CCOCC3)n2)n1. The zero-order valence-electron chi connectivity index (χ0n) is 28.7. The van der Waals surface area contributed by atoms with Crippen LogP contribution in [0.2, 0.25) is 0 Å². The van der Waals surface area contributed by atoms with E-state index in [-0.39, 0.29) is 23.0 Å². The first kappa shape index (κ1) is 38.7. The molecule has 4 aromatic heterocycles. The van der Waals surface area contributed by atoms with Gasteiger partial charge in [-0.3, -0.25) is 4.79 Å². The maximum Gasteiger partial charge on any atom is 0.417 e. The molecule has 18 heteroatoms. The van der Waals surface area contributed by atoms with Crippen molar-refractivity contribution in [3.05, 3.63) is 46.0 Å². The number of pyridine rings is 1. The lowest BCUT2D eigenvalue weighted by molar-refractivity contribution is -0.137. The lowest BCUT2D eigenvalue weighted by Crippen LogP contribution is -2.37. The minimum atomic E-state index is -4.63. The van der Waals surface area contributed by atoms with E-state index in [1.54, 1.807) is 4.90 Å².